The molecule has 1 saturated heterocycles. The third-order valence-corrected chi connectivity index (χ3v) is 11.5. The first-order chi connectivity index (χ1) is 17.9. The summed E-state index contributed by atoms with van der Waals surface area (Å²) in [7, 11) is 0. The second-order valence-corrected chi connectivity index (χ2v) is 13.4. The van der Waals surface area contributed by atoms with Crippen molar-refractivity contribution < 1.29 is 29.9 Å². The van der Waals surface area contributed by atoms with E-state index in [0.717, 1.165) is 25.7 Å². The fraction of sp³-hybridized carbons (Fsp3) is 0.633. The summed E-state index contributed by atoms with van der Waals surface area (Å²) in [6, 6.07) is 6.10. The van der Waals surface area contributed by atoms with E-state index in [9.17, 15) is 29.9 Å². The number of carbonyl (C=O) groups is 3. The molecule has 4 fully saturated rings. The lowest BCUT2D eigenvalue weighted by Crippen LogP contribution is -2.99. The van der Waals surface area contributed by atoms with Crippen molar-refractivity contribution in [1.82, 2.24) is 0 Å². The van der Waals surface area contributed by atoms with Crippen LogP contribution in [0.4, 0.5) is 11.4 Å². The number of amides is 2. The van der Waals surface area contributed by atoms with E-state index in [-0.39, 0.29) is 46.6 Å². The number of benzene rings is 1. The predicted molar refractivity (Wildman–Crippen MR) is 139 cm³/mol. The monoisotopic (exact) mass is 522 g/mol. The molecule has 3 saturated carbocycles. The maximum absolute atomic E-state index is 14.3. The fourth-order valence-electron chi connectivity index (χ4n) is 9.99. The highest BCUT2D eigenvalue weighted by atomic mass is 16.8. The highest BCUT2D eigenvalue weighted by molar-refractivity contribution is 6.23. The van der Waals surface area contributed by atoms with Gasteiger partial charge < -0.3 is 10.3 Å². The van der Waals surface area contributed by atoms with Crippen LogP contribution in [0.5, 0.6) is 0 Å². The number of hydrogen-bond acceptors (Lipinski definition) is 5. The Bertz CT molecular complexity index is 1260. The number of hydrogen-bond donors (Lipinski definition) is 3. The Morgan fingerprint density at radius 1 is 1.13 bits per heavy atom. The van der Waals surface area contributed by atoms with Crippen molar-refractivity contribution in [2.75, 3.05) is 4.90 Å². The van der Waals surface area contributed by atoms with Crippen LogP contribution in [0.2, 0.25) is 0 Å². The molecule has 8 heteroatoms. The largest absolute Gasteiger partial charge is 0.595 e. The number of aliphatic carboxylic acids is 1. The third kappa shape index (κ3) is 3.11. The van der Waals surface area contributed by atoms with Crippen LogP contribution in [-0.4, -0.2) is 28.1 Å². The van der Waals surface area contributed by atoms with Crippen LogP contribution in [0.15, 0.2) is 35.9 Å². The molecule has 9 atom stereocenters. The zero-order chi connectivity index (χ0) is 27.4. The number of carboxylic acids is 1. The van der Waals surface area contributed by atoms with Crippen molar-refractivity contribution in [3.8, 4) is 0 Å². The molecule has 1 heterocycles. The topological polar surface area (TPSA) is 122 Å². The number of carboxylic acid groups (broad SMARTS) is 1. The lowest BCUT2D eigenvalue weighted by Gasteiger charge is -2.68. The number of anilines is 1. The summed E-state index contributed by atoms with van der Waals surface area (Å²) in [5.74, 6) is -1.78. The van der Waals surface area contributed by atoms with Gasteiger partial charge in [0.1, 0.15) is 0 Å². The molecule has 38 heavy (non-hydrogen) atoms. The molecule has 0 aromatic heterocycles. The molecule has 1 spiro atoms. The molecule has 2 amide bonds. The molecule has 0 radical (unpaired) electrons. The normalized spacial score (nSPS) is 42.4. The van der Waals surface area contributed by atoms with Crippen LogP contribution in [0.25, 0.3) is 0 Å². The Morgan fingerprint density at radius 3 is 2.53 bits per heavy atom. The average molecular weight is 523 g/mol. The van der Waals surface area contributed by atoms with Gasteiger partial charge in [-0.15, -0.1) is 0 Å². The van der Waals surface area contributed by atoms with Gasteiger partial charge in [0, 0.05) is 17.5 Å². The summed E-state index contributed by atoms with van der Waals surface area (Å²) in [5.41, 5.74) is 0.112. The standard InChI is InChI=1S/C30H38N2O6/c1-16(2)20-15-30-12-9-21-28(3,10-6-11-29(21,4)27(35)36)22(30)14-19(20)23-24(30)26(34)31(25(23)33)17-7-5-8-18(13-17)32(37)38/h5,7-8,13,15-16,19,21-24,32,37H,6,9-12,14H2,1-4H3,(H,35,36)/t19-,21+,22-,23-,24-,28-,29+,30-/m0/s1. The van der Waals surface area contributed by atoms with Crippen molar-refractivity contribution in [3.05, 3.63) is 41.1 Å². The van der Waals surface area contributed by atoms with Crippen molar-refractivity contribution in [1.29, 1.82) is 0 Å². The minimum absolute atomic E-state index is 0.0288. The van der Waals surface area contributed by atoms with E-state index in [4.69, 9.17) is 0 Å². The van der Waals surface area contributed by atoms with Gasteiger partial charge in [-0.1, -0.05) is 44.9 Å². The van der Waals surface area contributed by atoms with Crippen LogP contribution in [0, 0.1) is 57.0 Å². The van der Waals surface area contributed by atoms with E-state index in [0.29, 0.717) is 18.5 Å². The average Bonchev–Trinajstić information content (AvgIpc) is 3.15. The minimum Gasteiger partial charge on any atom is -0.595 e. The van der Waals surface area contributed by atoms with Gasteiger partial charge in [-0.05, 0) is 74.2 Å². The molecule has 8 nitrogen and oxygen atoms in total. The van der Waals surface area contributed by atoms with Gasteiger partial charge >= 0.3 is 5.97 Å². The molecule has 2 bridgehead atoms. The molecule has 5 aliphatic carbocycles. The summed E-state index contributed by atoms with van der Waals surface area (Å²) >= 11 is 0. The van der Waals surface area contributed by atoms with Crippen LogP contribution >= 0.6 is 0 Å². The third-order valence-electron chi connectivity index (χ3n) is 11.5. The van der Waals surface area contributed by atoms with Crippen molar-refractivity contribution >= 4 is 29.2 Å². The summed E-state index contributed by atoms with van der Waals surface area (Å²) in [6.45, 7) is 8.48. The Labute approximate surface area is 223 Å². The molecular weight excluding hydrogens is 484 g/mol. The lowest BCUT2D eigenvalue weighted by atomic mass is 9.34. The van der Waals surface area contributed by atoms with Crippen LogP contribution in [-0.2, 0) is 14.4 Å². The number of carbonyl (C=O) groups excluding carboxylic acids is 2. The first kappa shape index (κ1) is 25.7. The zero-order valence-electron chi connectivity index (χ0n) is 22.6. The summed E-state index contributed by atoms with van der Waals surface area (Å²) in [5, 5.41) is 30.3. The maximum atomic E-state index is 14.3. The van der Waals surface area contributed by atoms with Gasteiger partial charge in [0.2, 0.25) is 11.8 Å². The predicted octanol–water partition coefficient (Wildman–Crippen LogP) is 4.11. The van der Waals surface area contributed by atoms with E-state index in [1.165, 1.54) is 22.6 Å². The van der Waals surface area contributed by atoms with Gasteiger partial charge in [0.15, 0.2) is 5.69 Å². The highest BCUT2D eigenvalue weighted by Gasteiger charge is 2.73. The second-order valence-electron chi connectivity index (χ2n) is 13.4. The molecule has 1 aromatic rings. The fourth-order valence-corrected chi connectivity index (χ4v) is 9.99. The first-order valence-electron chi connectivity index (χ1n) is 14.0. The van der Waals surface area contributed by atoms with Gasteiger partial charge in [-0.3, -0.25) is 14.4 Å². The second kappa shape index (κ2) is 8.23. The molecule has 1 aliphatic heterocycles. The van der Waals surface area contributed by atoms with Gasteiger partial charge in [-0.25, -0.2) is 10.1 Å². The summed E-state index contributed by atoms with van der Waals surface area (Å²) in [6.07, 6.45) is 7.05. The lowest BCUT2D eigenvalue weighted by molar-refractivity contribution is -0.991. The Balaban J connectivity index is 1.48. The summed E-state index contributed by atoms with van der Waals surface area (Å²) in [4.78, 5) is 42.1. The van der Waals surface area contributed by atoms with Crippen molar-refractivity contribution in [2.45, 2.75) is 66.2 Å². The summed E-state index contributed by atoms with van der Waals surface area (Å²) < 4.78 is 0. The van der Waals surface area contributed by atoms with E-state index in [1.807, 2.05) is 6.92 Å². The first-order valence-corrected chi connectivity index (χ1v) is 14.0. The molecule has 1 unspecified atom stereocenters. The van der Waals surface area contributed by atoms with Crippen LogP contribution < -0.4 is 10.1 Å². The van der Waals surface area contributed by atoms with E-state index in [1.54, 1.807) is 12.1 Å². The van der Waals surface area contributed by atoms with Crippen molar-refractivity contribution in [3.63, 3.8) is 0 Å². The van der Waals surface area contributed by atoms with Crippen LogP contribution in [0.3, 0.4) is 0 Å². The molecular formula is C30H38N2O6. The number of nitrogens with one attached hydrogen (secondary N) is 1. The number of rotatable bonds is 4. The maximum Gasteiger partial charge on any atom is 0.309 e. The van der Waals surface area contributed by atoms with Crippen molar-refractivity contribution in [2.24, 2.45) is 51.8 Å². The Morgan fingerprint density at radius 2 is 1.87 bits per heavy atom. The number of imide groups is 1. The molecule has 6 aliphatic rings. The quantitative estimate of drug-likeness (QED) is 0.311. The Kier molecular flexibility index (Phi) is 5.57. The number of quaternary nitrogens is 1. The molecule has 1 aromatic carbocycles. The van der Waals surface area contributed by atoms with E-state index in [2.05, 4.69) is 26.8 Å². The molecule has 3 N–H and O–H groups in total. The van der Waals surface area contributed by atoms with E-state index < -0.39 is 33.9 Å². The highest BCUT2D eigenvalue weighted by Crippen LogP contribution is 2.74. The SMILES string of the molecule is CC(C)C1=C[C@@]23CC[C@@H]4[C@](C)(CCC[C@@]4(C)C(=O)O)[C@@H]2C[C@@H]1[C@@H]1C(=O)N(c2cccc([NH+]([O-])O)c2)C(=O)[C@H]13. The van der Waals surface area contributed by atoms with Gasteiger partial charge in [-0.2, -0.15) is 5.23 Å². The smallest absolute Gasteiger partial charge is 0.309 e. The van der Waals surface area contributed by atoms with Gasteiger partial charge in [0.05, 0.1) is 22.9 Å². The number of fused-ring (bicyclic) bond motifs is 1. The van der Waals surface area contributed by atoms with Gasteiger partial charge in [0.25, 0.3) is 0 Å². The molecule has 204 valence electrons. The van der Waals surface area contributed by atoms with E-state index >= 15 is 0 Å². The number of nitrogens with zero attached hydrogens (tertiary/aromatic N) is 1. The Hall–Kier alpha value is -2.55. The van der Waals surface area contributed by atoms with Crippen LogP contribution in [0.1, 0.15) is 66.2 Å². The minimum atomic E-state index is -1.10. The molecule has 7 rings (SSSR count). The zero-order valence-corrected chi connectivity index (χ0v) is 22.6. The number of allylic oxidation sites excluding steroid dienone is 2.